The van der Waals surface area contributed by atoms with E-state index in [4.69, 9.17) is 4.74 Å². The number of ether oxygens (including phenoxy) is 1. The molecule has 1 aromatic rings. The second-order valence-corrected chi connectivity index (χ2v) is 8.63. The lowest BCUT2D eigenvalue weighted by molar-refractivity contribution is -0.105. The van der Waals surface area contributed by atoms with Crippen molar-refractivity contribution in [1.82, 2.24) is 14.5 Å². The molecule has 1 aliphatic heterocycles. The van der Waals surface area contributed by atoms with E-state index in [-0.39, 0.29) is 23.5 Å². The standard InChI is InChI=1S/C15H25N3O3S/c1-6-18-10(3)12(9(2)16-18)22(19,20)17-13-11-7-8-21-14(11)15(13,4)5/h11,13-14,17H,6-8H2,1-5H3/t11-,13-,14+/m1/s1. The number of nitrogens with zero attached hydrogens (tertiary/aromatic N) is 2. The van der Waals surface area contributed by atoms with Crippen LogP contribution in [-0.2, 0) is 21.3 Å². The maximum atomic E-state index is 12.9. The van der Waals surface area contributed by atoms with Gasteiger partial charge in [-0.2, -0.15) is 5.10 Å². The van der Waals surface area contributed by atoms with Crippen molar-refractivity contribution >= 4 is 10.0 Å². The highest BCUT2D eigenvalue weighted by atomic mass is 32.2. The monoisotopic (exact) mass is 327 g/mol. The van der Waals surface area contributed by atoms with Crippen molar-refractivity contribution < 1.29 is 13.2 Å². The molecule has 7 heteroatoms. The number of aromatic nitrogens is 2. The fourth-order valence-corrected chi connectivity index (χ4v) is 6.02. The predicted molar refractivity (Wildman–Crippen MR) is 83.1 cm³/mol. The lowest BCUT2D eigenvalue weighted by Gasteiger charge is -2.54. The minimum atomic E-state index is -3.57. The predicted octanol–water partition coefficient (Wildman–Crippen LogP) is 1.61. The van der Waals surface area contributed by atoms with Crippen LogP contribution in [0, 0.1) is 25.2 Å². The molecule has 2 aliphatic rings. The molecule has 1 aliphatic carbocycles. The molecule has 124 valence electrons. The van der Waals surface area contributed by atoms with Gasteiger partial charge >= 0.3 is 0 Å². The Bertz CT molecular complexity index is 693. The van der Waals surface area contributed by atoms with E-state index in [0.717, 1.165) is 13.0 Å². The van der Waals surface area contributed by atoms with Crippen molar-refractivity contribution in [1.29, 1.82) is 0 Å². The normalized spacial score (nSPS) is 30.1. The zero-order chi connectivity index (χ0) is 16.3. The van der Waals surface area contributed by atoms with E-state index < -0.39 is 10.0 Å². The van der Waals surface area contributed by atoms with Gasteiger partial charge in [0, 0.05) is 30.5 Å². The molecule has 0 aromatic carbocycles. The van der Waals surface area contributed by atoms with Crippen LogP contribution < -0.4 is 4.72 Å². The number of rotatable bonds is 4. The molecule has 1 saturated carbocycles. The van der Waals surface area contributed by atoms with Crippen molar-refractivity contribution in [2.75, 3.05) is 6.61 Å². The molecule has 0 amide bonds. The van der Waals surface area contributed by atoms with Crippen molar-refractivity contribution in [3.8, 4) is 0 Å². The molecule has 1 aromatic heterocycles. The number of aryl methyl sites for hydroxylation is 2. The SMILES string of the molecule is CCn1nc(C)c(S(=O)(=O)N[C@@H]2[C@H]3CCO[C@@H]3C2(C)C)c1C. The van der Waals surface area contributed by atoms with Crippen LogP contribution in [0.15, 0.2) is 4.90 Å². The largest absolute Gasteiger partial charge is 0.377 e. The van der Waals surface area contributed by atoms with Gasteiger partial charge in [-0.1, -0.05) is 13.8 Å². The van der Waals surface area contributed by atoms with Gasteiger partial charge in [-0.3, -0.25) is 4.68 Å². The number of hydrogen-bond donors (Lipinski definition) is 1. The van der Waals surface area contributed by atoms with Gasteiger partial charge in [0.2, 0.25) is 10.0 Å². The van der Waals surface area contributed by atoms with Crippen molar-refractivity contribution in [2.24, 2.45) is 11.3 Å². The topological polar surface area (TPSA) is 73.2 Å². The van der Waals surface area contributed by atoms with E-state index in [0.29, 0.717) is 22.8 Å². The van der Waals surface area contributed by atoms with Crippen LogP contribution >= 0.6 is 0 Å². The average Bonchev–Trinajstić information content (AvgIpc) is 2.99. The number of nitrogens with one attached hydrogen (secondary N) is 1. The highest BCUT2D eigenvalue weighted by molar-refractivity contribution is 7.89. The van der Waals surface area contributed by atoms with Gasteiger partial charge in [-0.15, -0.1) is 0 Å². The molecule has 1 N–H and O–H groups in total. The summed E-state index contributed by atoms with van der Waals surface area (Å²) in [6, 6.07) is -0.0752. The minimum Gasteiger partial charge on any atom is -0.377 e. The van der Waals surface area contributed by atoms with Crippen LogP contribution in [0.2, 0.25) is 0 Å². The molecule has 0 spiro atoms. The van der Waals surface area contributed by atoms with Crippen LogP contribution in [0.5, 0.6) is 0 Å². The Morgan fingerprint density at radius 2 is 2.09 bits per heavy atom. The Kier molecular flexibility index (Phi) is 3.66. The first-order chi connectivity index (χ1) is 10.2. The molecular weight excluding hydrogens is 302 g/mol. The molecule has 0 bridgehead atoms. The molecule has 6 nitrogen and oxygen atoms in total. The zero-order valence-electron chi connectivity index (χ0n) is 13.9. The quantitative estimate of drug-likeness (QED) is 0.912. The smallest absolute Gasteiger partial charge is 0.244 e. The van der Waals surface area contributed by atoms with E-state index in [9.17, 15) is 8.42 Å². The molecule has 0 radical (unpaired) electrons. The van der Waals surface area contributed by atoms with Gasteiger partial charge in [0.25, 0.3) is 0 Å². The summed E-state index contributed by atoms with van der Waals surface area (Å²) in [7, 11) is -3.57. The van der Waals surface area contributed by atoms with Gasteiger partial charge in [0.15, 0.2) is 0 Å². The van der Waals surface area contributed by atoms with Crippen LogP contribution in [-0.4, -0.2) is 37.0 Å². The lowest BCUT2D eigenvalue weighted by atomic mass is 9.58. The number of hydrogen-bond acceptors (Lipinski definition) is 4. The summed E-state index contributed by atoms with van der Waals surface area (Å²) in [5, 5.41) is 4.32. The Balaban J connectivity index is 1.90. The van der Waals surface area contributed by atoms with E-state index in [1.54, 1.807) is 11.6 Å². The summed E-state index contributed by atoms with van der Waals surface area (Å²) < 4.78 is 36.2. The molecule has 0 unspecified atom stereocenters. The third-order valence-corrected chi connectivity index (χ3v) is 6.96. The molecule has 3 rings (SSSR count). The van der Waals surface area contributed by atoms with E-state index in [1.165, 1.54) is 0 Å². The first-order valence-electron chi connectivity index (χ1n) is 7.88. The Labute approximate surface area is 132 Å². The summed E-state index contributed by atoms with van der Waals surface area (Å²) >= 11 is 0. The summed E-state index contributed by atoms with van der Waals surface area (Å²) in [6.07, 6.45) is 1.09. The minimum absolute atomic E-state index is 0.0752. The first-order valence-corrected chi connectivity index (χ1v) is 9.36. The number of sulfonamides is 1. The third-order valence-electron chi connectivity index (χ3n) is 5.27. The molecular formula is C15H25N3O3S. The molecule has 3 atom stereocenters. The Morgan fingerprint density at radius 1 is 1.41 bits per heavy atom. The highest BCUT2D eigenvalue weighted by Crippen LogP contribution is 2.52. The molecule has 2 heterocycles. The molecule has 22 heavy (non-hydrogen) atoms. The lowest BCUT2D eigenvalue weighted by Crippen LogP contribution is -2.66. The van der Waals surface area contributed by atoms with Crippen molar-refractivity contribution in [3.63, 3.8) is 0 Å². The molecule has 1 saturated heterocycles. The van der Waals surface area contributed by atoms with Crippen molar-refractivity contribution in [2.45, 2.75) is 64.6 Å². The summed E-state index contributed by atoms with van der Waals surface area (Å²) in [5.74, 6) is 0.284. The average molecular weight is 327 g/mol. The summed E-state index contributed by atoms with van der Waals surface area (Å²) in [4.78, 5) is 0.326. The van der Waals surface area contributed by atoms with Gasteiger partial charge in [0.05, 0.1) is 17.5 Å². The second kappa shape index (κ2) is 5.04. The first kappa shape index (κ1) is 16.0. The Hall–Kier alpha value is -0.920. The van der Waals surface area contributed by atoms with Gasteiger partial charge in [-0.25, -0.2) is 13.1 Å². The maximum Gasteiger partial charge on any atom is 0.244 e. The maximum absolute atomic E-state index is 12.9. The van der Waals surface area contributed by atoms with E-state index >= 15 is 0 Å². The molecule has 2 fully saturated rings. The van der Waals surface area contributed by atoms with Crippen molar-refractivity contribution in [3.05, 3.63) is 11.4 Å². The Morgan fingerprint density at radius 3 is 2.68 bits per heavy atom. The third kappa shape index (κ3) is 2.13. The van der Waals surface area contributed by atoms with Crippen LogP contribution in [0.25, 0.3) is 0 Å². The van der Waals surface area contributed by atoms with E-state index in [2.05, 4.69) is 23.7 Å². The fraction of sp³-hybridized carbons (Fsp3) is 0.800. The van der Waals surface area contributed by atoms with Crippen LogP contribution in [0.1, 0.15) is 38.6 Å². The summed E-state index contributed by atoms with van der Waals surface area (Å²) in [5.41, 5.74) is 1.09. The zero-order valence-corrected chi connectivity index (χ0v) is 14.7. The summed E-state index contributed by atoms with van der Waals surface area (Å²) in [6.45, 7) is 11.0. The van der Waals surface area contributed by atoms with E-state index in [1.807, 2.05) is 13.8 Å². The second-order valence-electron chi connectivity index (χ2n) is 6.98. The van der Waals surface area contributed by atoms with Gasteiger partial charge in [0.1, 0.15) is 4.90 Å². The van der Waals surface area contributed by atoms with Gasteiger partial charge in [-0.05, 0) is 27.2 Å². The van der Waals surface area contributed by atoms with Crippen LogP contribution in [0.3, 0.4) is 0 Å². The van der Waals surface area contributed by atoms with Gasteiger partial charge < -0.3 is 4.74 Å². The number of fused-ring (bicyclic) bond motifs is 1. The van der Waals surface area contributed by atoms with Crippen LogP contribution in [0.4, 0.5) is 0 Å². The fourth-order valence-electron chi connectivity index (χ4n) is 4.17. The highest BCUT2D eigenvalue weighted by Gasteiger charge is 2.60.